The lowest BCUT2D eigenvalue weighted by molar-refractivity contribution is -0.132. The quantitative estimate of drug-likeness (QED) is 0.696. The van der Waals surface area contributed by atoms with Crippen LogP contribution in [0.15, 0.2) is 34.4 Å². The fraction of sp³-hybridized carbons (Fsp3) is 0.611. The Balaban J connectivity index is 2.27. The summed E-state index contributed by atoms with van der Waals surface area (Å²) < 4.78 is 0. The number of carbonyl (C=O) groups is 1. The van der Waals surface area contributed by atoms with E-state index in [1.165, 1.54) is 0 Å². The number of carboxylic acids is 1. The lowest BCUT2D eigenvalue weighted by Crippen LogP contribution is -2.48. The Kier molecular flexibility index (Phi) is 4.67. The van der Waals surface area contributed by atoms with E-state index in [2.05, 4.69) is 31.6 Å². The summed E-state index contributed by atoms with van der Waals surface area (Å²) in [4.78, 5) is 15.4. The minimum Gasteiger partial charge on any atom is -0.478 e. The van der Waals surface area contributed by atoms with E-state index in [9.17, 15) is 9.90 Å². The van der Waals surface area contributed by atoms with Gasteiger partial charge in [0.05, 0.1) is 0 Å². The second kappa shape index (κ2) is 6.08. The molecule has 0 saturated heterocycles. The van der Waals surface area contributed by atoms with Gasteiger partial charge in [-0.05, 0) is 35.7 Å². The third-order valence-electron chi connectivity index (χ3n) is 4.53. The van der Waals surface area contributed by atoms with Crippen LogP contribution in [0.3, 0.4) is 0 Å². The van der Waals surface area contributed by atoms with Crippen molar-refractivity contribution in [2.24, 2.45) is 21.6 Å². The largest absolute Gasteiger partial charge is 0.478 e. The van der Waals surface area contributed by atoms with E-state index in [0.29, 0.717) is 30.5 Å². The minimum atomic E-state index is -1.21. The van der Waals surface area contributed by atoms with E-state index < -0.39 is 11.7 Å². The van der Waals surface area contributed by atoms with Crippen molar-refractivity contribution < 1.29 is 15.0 Å². The monoisotopic (exact) mass is 318 g/mol. The molecule has 2 atom stereocenters. The Morgan fingerprint density at radius 1 is 1.35 bits per heavy atom. The van der Waals surface area contributed by atoms with Gasteiger partial charge in [0.15, 0.2) is 5.72 Å². The molecule has 5 nitrogen and oxygen atoms in total. The lowest BCUT2D eigenvalue weighted by Gasteiger charge is -2.48. The predicted octanol–water partition coefficient (Wildman–Crippen LogP) is 2.42. The van der Waals surface area contributed by atoms with Crippen molar-refractivity contribution in [1.82, 2.24) is 0 Å². The molecule has 4 N–H and O–H groups in total. The highest BCUT2D eigenvalue weighted by Gasteiger charge is 2.48. The van der Waals surface area contributed by atoms with Crippen molar-refractivity contribution in [2.45, 2.75) is 52.2 Å². The lowest BCUT2D eigenvalue weighted by atomic mass is 9.61. The molecule has 2 aliphatic carbocycles. The molecule has 0 amide bonds. The van der Waals surface area contributed by atoms with Crippen LogP contribution < -0.4 is 5.73 Å². The smallest absolute Gasteiger partial charge is 0.331 e. The van der Waals surface area contributed by atoms with Gasteiger partial charge in [0.2, 0.25) is 0 Å². The number of carboxylic acid groups (broad SMARTS) is 1. The topological polar surface area (TPSA) is 95.9 Å². The van der Waals surface area contributed by atoms with E-state index >= 15 is 0 Å². The summed E-state index contributed by atoms with van der Waals surface area (Å²) >= 11 is 0. The summed E-state index contributed by atoms with van der Waals surface area (Å²) in [6.45, 7) is 6.79. The first kappa shape index (κ1) is 17.7. The molecule has 0 aromatic rings. The minimum absolute atomic E-state index is 0.0640. The zero-order valence-corrected chi connectivity index (χ0v) is 14.1. The molecule has 2 rings (SSSR count). The van der Waals surface area contributed by atoms with Crippen LogP contribution >= 0.6 is 0 Å². The third kappa shape index (κ3) is 4.41. The average molecular weight is 318 g/mol. The molecule has 0 aromatic heterocycles. The molecule has 0 aromatic carbocycles. The van der Waals surface area contributed by atoms with E-state index in [1.54, 1.807) is 18.2 Å². The maximum Gasteiger partial charge on any atom is 0.331 e. The SMILES string of the molecule is CC1(C)CC(C)(CN)CC(O)(N=C=C2C=CC=C(C(=O)O)C2)C1. The highest BCUT2D eigenvalue weighted by atomic mass is 16.4. The van der Waals surface area contributed by atoms with Crippen LogP contribution in [-0.4, -0.2) is 34.3 Å². The molecule has 5 heteroatoms. The van der Waals surface area contributed by atoms with Crippen molar-refractivity contribution >= 4 is 11.8 Å². The van der Waals surface area contributed by atoms with Crippen LogP contribution in [0, 0.1) is 10.8 Å². The number of hydrogen-bond donors (Lipinski definition) is 3. The van der Waals surface area contributed by atoms with E-state index in [4.69, 9.17) is 10.8 Å². The Morgan fingerprint density at radius 3 is 2.65 bits per heavy atom. The first-order valence-electron chi connectivity index (χ1n) is 7.93. The van der Waals surface area contributed by atoms with Gasteiger partial charge in [-0.1, -0.05) is 32.9 Å². The number of allylic oxidation sites excluding steroid dienone is 4. The second-order valence-electron chi connectivity index (χ2n) is 7.97. The van der Waals surface area contributed by atoms with Crippen molar-refractivity contribution in [3.05, 3.63) is 29.4 Å². The molecule has 2 unspecified atom stereocenters. The number of nitrogens with two attached hydrogens (primary N) is 1. The normalized spacial score (nSPS) is 32.9. The van der Waals surface area contributed by atoms with Gasteiger partial charge in [-0.25, -0.2) is 9.79 Å². The van der Waals surface area contributed by atoms with Crippen molar-refractivity contribution in [2.75, 3.05) is 6.54 Å². The molecular formula is C18H26N2O3. The Hall–Kier alpha value is -1.68. The highest BCUT2D eigenvalue weighted by molar-refractivity contribution is 5.89. The number of rotatable bonds is 3. The van der Waals surface area contributed by atoms with Gasteiger partial charge in [0.1, 0.15) is 0 Å². The van der Waals surface area contributed by atoms with E-state index in [1.807, 2.05) is 0 Å². The number of aliphatic hydroxyl groups is 1. The fourth-order valence-corrected chi connectivity index (χ4v) is 4.02. The number of aliphatic carboxylic acids is 1. The molecule has 0 bridgehead atoms. The molecule has 0 radical (unpaired) electrons. The van der Waals surface area contributed by atoms with Crippen molar-refractivity contribution in [1.29, 1.82) is 0 Å². The van der Waals surface area contributed by atoms with Gasteiger partial charge in [-0.2, -0.15) is 0 Å². The zero-order chi connectivity index (χ0) is 17.3. The molecule has 1 saturated carbocycles. The van der Waals surface area contributed by atoms with Gasteiger partial charge in [-0.15, -0.1) is 0 Å². The molecule has 1 fully saturated rings. The zero-order valence-electron chi connectivity index (χ0n) is 14.1. The molecular weight excluding hydrogens is 292 g/mol. The van der Waals surface area contributed by atoms with Crippen molar-refractivity contribution in [3.63, 3.8) is 0 Å². The number of nitrogens with zero attached hydrogens (tertiary/aromatic N) is 1. The highest BCUT2D eigenvalue weighted by Crippen LogP contribution is 2.50. The summed E-state index contributed by atoms with van der Waals surface area (Å²) in [6, 6.07) is 0. The van der Waals surface area contributed by atoms with E-state index in [-0.39, 0.29) is 17.3 Å². The van der Waals surface area contributed by atoms with Crippen LogP contribution in [0.4, 0.5) is 0 Å². The molecule has 23 heavy (non-hydrogen) atoms. The Morgan fingerprint density at radius 2 is 2.04 bits per heavy atom. The first-order valence-corrected chi connectivity index (χ1v) is 7.93. The van der Waals surface area contributed by atoms with E-state index in [0.717, 1.165) is 6.42 Å². The van der Waals surface area contributed by atoms with Crippen LogP contribution in [0.5, 0.6) is 0 Å². The Labute approximate surface area is 137 Å². The maximum atomic E-state index is 11.0. The van der Waals surface area contributed by atoms with Gasteiger partial charge in [0.25, 0.3) is 0 Å². The van der Waals surface area contributed by atoms with Gasteiger partial charge in [0, 0.05) is 30.4 Å². The summed E-state index contributed by atoms with van der Waals surface area (Å²) in [7, 11) is 0. The number of aliphatic imine (C=N–C) groups is 1. The van der Waals surface area contributed by atoms with Gasteiger partial charge >= 0.3 is 5.97 Å². The summed E-state index contributed by atoms with van der Waals surface area (Å²) in [5.41, 5.74) is 5.43. The first-order chi connectivity index (χ1) is 10.6. The summed E-state index contributed by atoms with van der Waals surface area (Å²) in [5, 5.41) is 20.0. The van der Waals surface area contributed by atoms with Crippen LogP contribution in [0.2, 0.25) is 0 Å². The third-order valence-corrected chi connectivity index (χ3v) is 4.53. The predicted molar refractivity (Wildman–Crippen MR) is 90.2 cm³/mol. The van der Waals surface area contributed by atoms with Gasteiger partial charge < -0.3 is 15.9 Å². The second-order valence-corrected chi connectivity index (χ2v) is 7.97. The average Bonchev–Trinajstić information content (AvgIpc) is 2.43. The van der Waals surface area contributed by atoms with Crippen LogP contribution in [0.1, 0.15) is 46.5 Å². The standard InChI is InChI=1S/C18H26N2O3/c1-16(2)9-17(3,12-19)11-18(23,10-16)20-8-13-5-4-6-14(7-13)15(21)22/h4-6,23H,7,9-12,19H2,1-3H3,(H,21,22). The van der Waals surface area contributed by atoms with Crippen molar-refractivity contribution in [3.8, 4) is 0 Å². The molecule has 0 heterocycles. The molecule has 0 aliphatic heterocycles. The summed E-state index contributed by atoms with van der Waals surface area (Å²) in [5.74, 6) is 1.93. The Bertz CT molecular complexity index is 626. The van der Waals surface area contributed by atoms with Gasteiger partial charge in [-0.3, -0.25) is 0 Å². The van der Waals surface area contributed by atoms with Crippen LogP contribution in [0.25, 0.3) is 0 Å². The number of hydrogen-bond acceptors (Lipinski definition) is 4. The maximum absolute atomic E-state index is 11.0. The molecule has 2 aliphatic rings. The fourth-order valence-electron chi connectivity index (χ4n) is 4.02. The summed E-state index contributed by atoms with van der Waals surface area (Å²) in [6.07, 6.45) is 7.25. The molecule has 0 spiro atoms. The van der Waals surface area contributed by atoms with Crippen LogP contribution in [-0.2, 0) is 4.79 Å². The molecule has 126 valence electrons.